The van der Waals surface area contributed by atoms with Crippen molar-refractivity contribution >= 4 is 5.91 Å². The lowest BCUT2D eigenvalue weighted by Gasteiger charge is -2.30. The van der Waals surface area contributed by atoms with Gasteiger partial charge in [0.2, 0.25) is 5.60 Å². The average molecular weight is 313 g/mol. The first-order valence-electron chi connectivity index (χ1n) is 6.68. The van der Waals surface area contributed by atoms with Crippen molar-refractivity contribution in [3.63, 3.8) is 0 Å². The Balaban J connectivity index is 3.25. The molecule has 1 atom stereocenters. The molecule has 0 aliphatic rings. The number of hydrogen-bond donors (Lipinski definition) is 0. The van der Waals surface area contributed by atoms with Crippen molar-refractivity contribution in [1.29, 1.82) is 0 Å². The number of ether oxygens (including phenoxy) is 1. The fraction of sp³-hybridized carbons (Fsp3) is 0.438. The van der Waals surface area contributed by atoms with Gasteiger partial charge in [-0.3, -0.25) is 4.79 Å². The third kappa shape index (κ3) is 3.94. The number of amides is 1. The number of hydrogen-bond acceptors (Lipinski definition) is 2. The summed E-state index contributed by atoms with van der Waals surface area (Å²) in [5, 5.41) is 0. The van der Waals surface area contributed by atoms with E-state index in [9.17, 15) is 18.0 Å². The average Bonchev–Trinajstić information content (AvgIpc) is 2.45. The molecule has 6 heteroatoms. The molecule has 120 valence electrons. The van der Waals surface area contributed by atoms with Gasteiger partial charge in [-0.1, -0.05) is 13.0 Å². The maximum atomic E-state index is 12.8. The molecule has 0 fully saturated rings. The van der Waals surface area contributed by atoms with Crippen LogP contribution < -0.4 is 4.74 Å². The SMILES string of the molecule is CC#CC(CC)(Oc1cccc(C(F)(F)F)c1)C(=O)N(C)C. The van der Waals surface area contributed by atoms with E-state index in [0.717, 1.165) is 12.1 Å². The summed E-state index contributed by atoms with van der Waals surface area (Å²) < 4.78 is 43.9. The monoisotopic (exact) mass is 313 g/mol. The van der Waals surface area contributed by atoms with Crippen molar-refractivity contribution in [1.82, 2.24) is 4.90 Å². The topological polar surface area (TPSA) is 29.5 Å². The molecule has 0 spiro atoms. The second kappa shape index (κ2) is 6.73. The summed E-state index contributed by atoms with van der Waals surface area (Å²) >= 11 is 0. The van der Waals surface area contributed by atoms with Crippen molar-refractivity contribution in [2.24, 2.45) is 0 Å². The summed E-state index contributed by atoms with van der Waals surface area (Å²) in [4.78, 5) is 13.7. The van der Waals surface area contributed by atoms with Crippen molar-refractivity contribution in [2.45, 2.75) is 32.0 Å². The predicted molar refractivity (Wildman–Crippen MR) is 77.2 cm³/mol. The Morgan fingerprint density at radius 1 is 1.32 bits per heavy atom. The molecule has 0 aliphatic heterocycles. The lowest BCUT2D eigenvalue weighted by Crippen LogP contribution is -2.49. The molecule has 0 saturated heterocycles. The minimum atomic E-state index is -4.48. The zero-order valence-corrected chi connectivity index (χ0v) is 12.9. The van der Waals surface area contributed by atoms with Gasteiger partial charge in [-0.25, -0.2) is 0 Å². The normalized spacial score (nSPS) is 13.6. The molecule has 0 bridgehead atoms. The standard InChI is InChI=1S/C16H18F3NO2/c1-5-10-15(6-2,14(21)20(3)4)22-13-9-7-8-12(11-13)16(17,18)19/h7-9,11H,6H2,1-4H3. The van der Waals surface area contributed by atoms with Crippen LogP contribution in [-0.4, -0.2) is 30.5 Å². The van der Waals surface area contributed by atoms with Gasteiger partial charge >= 0.3 is 6.18 Å². The maximum absolute atomic E-state index is 12.8. The van der Waals surface area contributed by atoms with E-state index in [1.807, 2.05) is 0 Å². The van der Waals surface area contributed by atoms with Crippen LogP contribution in [0.1, 0.15) is 25.8 Å². The Kier molecular flexibility index (Phi) is 5.48. The summed E-state index contributed by atoms with van der Waals surface area (Å²) in [6.45, 7) is 3.24. The molecule has 1 unspecified atom stereocenters. The molecule has 0 aromatic heterocycles. The molecule has 1 aromatic carbocycles. The molecule has 0 N–H and O–H groups in total. The summed E-state index contributed by atoms with van der Waals surface area (Å²) in [6.07, 6.45) is -4.27. The van der Waals surface area contributed by atoms with Crippen LogP contribution >= 0.6 is 0 Å². The van der Waals surface area contributed by atoms with Crippen molar-refractivity contribution in [3.05, 3.63) is 29.8 Å². The van der Waals surface area contributed by atoms with E-state index in [4.69, 9.17) is 4.74 Å². The van der Waals surface area contributed by atoms with E-state index in [1.165, 1.54) is 17.0 Å². The molecule has 0 aliphatic carbocycles. The number of likely N-dealkylation sites (N-methyl/N-ethyl adjacent to an activating group) is 1. The second-order valence-electron chi connectivity index (χ2n) is 4.88. The molecule has 1 aromatic rings. The van der Waals surface area contributed by atoms with Gasteiger partial charge in [0.05, 0.1) is 5.56 Å². The summed E-state index contributed by atoms with van der Waals surface area (Å²) in [6, 6.07) is 4.42. The molecule has 1 rings (SSSR count). The molecule has 0 heterocycles. The lowest BCUT2D eigenvalue weighted by atomic mass is 9.99. The van der Waals surface area contributed by atoms with Crippen LogP contribution in [0.4, 0.5) is 13.2 Å². The Labute approximate surface area is 128 Å². The van der Waals surface area contributed by atoms with E-state index in [1.54, 1.807) is 27.9 Å². The first-order chi connectivity index (χ1) is 10.2. The number of alkyl halides is 3. The summed E-state index contributed by atoms with van der Waals surface area (Å²) in [5.74, 6) is 4.84. The number of carbonyl (C=O) groups is 1. The second-order valence-corrected chi connectivity index (χ2v) is 4.88. The molecule has 3 nitrogen and oxygen atoms in total. The fourth-order valence-electron chi connectivity index (χ4n) is 1.93. The molecule has 0 saturated carbocycles. The Morgan fingerprint density at radius 2 is 1.95 bits per heavy atom. The van der Waals surface area contributed by atoms with Crippen LogP contribution in [-0.2, 0) is 11.0 Å². The van der Waals surface area contributed by atoms with Gasteiger partial charge < -0.3 is 9.64 Å². The van der Waals surface area contributed by atoms with Crippen molar-refractivity contribution in [3.8, 4) is 17.6 Å². The Hall–Kier alpha value is -2.16. The number of carbonyl (C=O) groups excluding carboxylic acids is 1. The highest BCUT2D eigenvalue weighted by atomic mass is 19.4. The maximum Gasteiger partial charge on any atom is 0.416 e. The van der Waals surface area contributed by atoms with E-state index in [-0.39, 0.29) is 12.2 Å². The van der Waals surface area contributed by atoms with Crippen molar-refractivity contribution in [2.75, 3.05) is 14.1 Å². The first kappa shape index (κ1) is 17.9. The first-order valence-corrected chi connectivity index (χ1v) is 6.68. The van der Waals surface area contributed by atoms with Gasteiger partial charge in [0, 0.05) is 20.5 Å². The van der Waals surface area contributed by atoms with E-state index < -0.39 is 23.2 Å². The highest BCUT2D eigenvalue weighted by Crippen LogP contribution is 2.32. The molecule has 22 heavy (non-hydrogen) atoms. The van der Waals surface area contributed by atoms with Crippen LogP contribution in [0.3, 0.4) is 0 Å². The van der Waals surface area contributed by atoms with E-state index in [2.05, 4.69) is 11.8 Å². The van der Waals surface area contributed by atoms with Crippen molar-refractivity contribution < 1.29 is 22.7 Å². The minimum Gasteiger partial charge on any atom is -0.465 e. The fourth-order valence-corrected chi connectivity index (χ4v) is 1.93. The minimum absolute atomic E-state index is 0.0466. The quantitative estimate of drug-likeness (QED) is 0.798. The highest BCUT2D eigenvalue weighted by molar-refractivity contribution is 5.88. The van der Waals surface area contributed by atoms with Crippen LogP contribution in [0.5, 0.6) is 5.75 Å². The molecule has 1 amide bonds. The van der Waals surface area contributed by atoms with Gasteiger partial charge in [0.25, 0.3) is 5.91 Å². The Morgan fingerprint density at radius 3 is 2.41 bits per heavy atom. The van der Waals surface area contributed by atoms with Gasteiger partial charge in [0.1, 0.15) is 5.75 Å². The summed E-state index contributed by atoms with van der Waals surface area (Å²) in [5.41, 5.74) is -2.33. The number of nitrogens with zero attached hydrogens (tertiary/aromatic N) is 1. The lowest BCUT2D eigenvalue weighted by molar-refractivity contribution is -0.141. The van der Waals surface area contributed by atoms with Crippen LogP contribution in [0.2, 0.25) is 0 Å². The molecular weight excluding hydrogens is 295 g/mol. The third-order valence-corrected chi connectivity index (χ3v) is 3.03. The third-order valence-electron chi connectivity index (χ3n) is 3.03. The number of halogens is 3. The van der Waals surface area contributed by atoms with Gasteiger partial charge in [-0.05, 0) is 31.0 Å². The zero-order valence-electron chi connectivity index (χ0n) is 12.9. The van der Waals surface area contributed by atoms with Gasteiger partial charge in [-0.2, -0.15) is 13.2 Å². The predicted octanol–water partition coefficient (Wildman–Crippen LogP) is 3.34. The van der Waals surface area contributed by atoms with Crippen LogP contribution in [0.25, 0.3) is 0 Å². The van der Waals surface area contributed by atoms with Gasteiger partial charge in [0.15, 0.2) is 0 Å². The number of rotatable bonds is 4. The number of benzene rings is 1. The van der Waals surface area contributed by atoms with E-state index >= 15 is 0 Å². The molecular formula is C16H18F3NO2. The zero-order chi connectivity index (χ0) is 17.0. The molecule has 0 radical (unpaired) electrons. The van der Waals surface area contributed by atoms with E-state index in [0.29, 0.717) is 0 Å². The summed E-state index contributed by atoms with van der Waals surface area (Å²) in [7, 11) is 3.08. The van der Waals surface area contributed by atoms with Gasteiger partial charge in [-0.15, -0.1) is 5.92 Å². The van der Waals surface area contributed by atoms with Crippen LogP contribution in [0, 0.1) is 11.8 Å². The highest BCUT2D eigenvalue weighted by Gasteiger charge is 2.39. The Bertz CT molecular complexity index is 599. The largest absolute Gasteiger partial charge is 0.465 e. The van der Waals surface area contributed by atoms with Crippen LogP contribution in [0.15, 0.2) is 24.3 Å². The smallest absolute Gasteiger partial charge is 0.416 e.